The molecule has 3 aromatic rings. The number of nitrogens with zero attached hydrogens (tertiary/aromatic N) is 2. The van der Waals surface area contributed by atoms with E-state index < -0.39 is 46.2 Å². The van der Waals surface area contributed by atoms with Gasteiger partial charge in [-0.05, 0) is 67.8 Å². The van der Waals surface area contributed by atoms with Crippen molar-refractivity contribution in [1.29, 1.82) is 5.26 Å². The normalized spacial score (nSPS) is 12.3. The van der Waals surface area contributed by atoms with Crippen molar-refractivity contribution in [2.45, 2.75) is 38.5 Å². The molecule has 3 rings (SSSR count). The van der Waals surface area contributed by atoms with Crippen molar-refractivity contribution in [3.05, 3.63) is 81.5 Å². The van der Waals surface area contributed by atoms with Crippen molar-refractivity contribution in [1.82, 2.24) is 0 Å². The first-order chi connectivity index (χ1) is 17.4. The summed E-state index contributed by atoms with van der Waals surface area (Å²) in [6.07, 6.45) is -8.79. The number of benzene rings is 2. The number of thiophene rings is 1. The Labute approximate surface area is 218 Å². The Morgan fingerprint density at radius 2 is 1.53 bits per heavy atom. The molecule has 0 saturated heterocycles. The summed E-state index contributed by atoms with van der Waals surface area (Å²) < 4.78 is 94.5. The standard InChI is InChI=1S/C27H21F7N2OS/c1-6-21-20(13-35)22(23(38-21)19-8-7-18(28)9-14(19)2)36(5)24(37)25(3,4)15-10-16(26(29,30)31)12-17(11-15)27(32,33)34/h6-12H,1H2,2-5H3. The van der Waals surface area contributed by atoms with Crippen molar-refractivity contribution < 1.29 is 35.5 Å². The molecular weight excluding hydrogens is 533 g/mol. The van der Waals surface area contributed by atoms with Crippen molar-refractivity contribution >= 4 is 29.0 Å². The summed E-state index contributed by atoms with van der Waals surface area (Å²) in [5.74, 6) is -1.37. The third-order valence-corrected chi connectivity index (χ3v) is 7.33. The van der Waals surface area contributed by atoms with Gasteiger partial charge in [-0.25, -0.2) is 4.39 Å². The zero-order chi connectivity index (χ0) is 28.8. The molecule has 0 aliphatic carbocycles. The minimum atomic E-state index is -5.09. The molecule has 0 unspecified atom stereocenters. The lowest BCUT2D eigenvalue weighted by Gasteiger charge is -2.31. The summed E-state index contributed by atoms with van der Waals surface area (Å²) >= 11 is 1.09. The predicted octanol–water partition coefficient (Wildman–Crippen LogP) is 8.36. The third kappa shape index (κ3) is 5.31. The lowest BCUT2D eigenvalue weighted by Crippen LogP contribution is -2.42. The van der Waals surface area contributed by atoms with Gasteiger partial charge in [-0.1, -0.05) is 18.7 Å². The maximum Gasteiger partial charge on any atom is 0.416 e. The molecule has 3 nitrogen and oxygen atoms in total. The number of hydrogen-bond acceptors (Lipinski definition) is 3. The lowest BCUT2D eigenvalue weighted by atomic mass is 9.81. The quantitative estimate of drug-likeness (QED) is 0.298. The topological polar surface area (TPSA) is 44.1 Å². The van der Waals surface area contributed by atoms with E-state index in [-0.39, 0.29) is 17.3 Å². The number of carbonyl (C=O) groups is 1. The number of rotatable bonds is 5. The SMILES string of the molecule is C=Cc1sc(-c2ccc(F)cc2C)c(N(C)C(=O)C(C)(C)c2cc(C(F)(F)F)cc(C(F)(F)F)c2)c1C#N. The van der Waals surface area contributed by atoms with E-state index in [2.05, 4.69) is 6.58 Å². The Morgan fingerprint density at radius 1 is 1.00 bits per heavy atom. The molecule has 2 aromatic carbocycles. The Morgan fingerprint density at radius 3 is 1.97 bits per heavy atom. The first-order valence-corrected chi connectivity index (χ1v) is 11.8. The number of aryl methyl sites for hydroxylation is 1. The van der Waals surface area contributed by atoms with Gasteiger partial charge in [-0.2, -0.15) is 31.6 Å². The van der Waals surface area contributed by atoms with Gasteiger partial charge in [0, 0.05) is 11.9 Å². The van der Waals surface area contributed by atoms with Gasteiger partial charge in [0.05, 0.1) is 32.7 Å². The number of amides is 1. The van der Waals surface area contributed by atoms with Gasteiger partial charge in [0.15, 0.2) is 0 Å². The molecule has 0 spiro atoms. The highest BCUT2D eigenvalue weighted by molar-refractivity contribution is 7.17. The van der Waals surface area contributed by atoms with Gasteiger partial charge in [0.1, 0.15) is 11.9 Å². The van der Waals surface area contributed by atoms with E-state index in [0.717, 1.165) is 16.2 Å². The average Bonchev–Trinajstić information content (AvgIpc) is 3.20. The number of halogens is 7. The molecule has 200 valence electrons. The molecule has 38 heavy (non-hydrogen) atoms. The second-order valence-corrected chi connectivity index (χ2v) is 10.1. The fourth-order valence-corrected chi connectivity index (χ4v) is 5.26. The largest absolute Gasteiger partial charge is 0.416 e. The molecule has 0 aliphatic heterocycles. The highest BCUT2D eigenvalue weighted by Crippen LogP contribution is 2.46. The van der Waals surface area contributed by atoms with Crippen LogP contribution in [0, 0.1) is 24.1 Å². The zero-order valence-corrected chi connectivity index (χ0v) is 21.4. The maximum absolute atomic E-state index is 13.8. The molecule has 11 heteroatoms. The van der Waals surface area contributed by atoms with Crippen LogP contribution in [0.5, 0.6) is 0 Å². The van der Waals surface area contributed by atoms with Crippen LogP contribution in [0.15, 0.2) is 43.0 Å². The molecule has 1 aromatic heterocycles. The number of likely N-dealkylation sites (N-methyl/N-ethyl adjacent to an activating group) is 1. The van der Waals surface area contributed by atoms with Crippen molar-refractivity contribution in [2.75, 3.05) is 11.9 Å². The fourth-order valence-electron chi connectivity index (χ4n) is 4.04. The molecule has 0 radical (unpaired) electrons. The minimum Gasteiger partial charge on any atom is -0.312 e. The maximum atomic E-state index is 13.8. The van der Waals surface area contributed by atoms with E-state index in [1.165, 1.54) is 45.2 Å². The van der Waals surface area contributed by atoms with Crippen molar-refractivity contribution in [3.63, 3.8) is 0 Å². The number of hydrogen-bond donors (Lipinski definition) is 0. The summed E-state index contributed by atoms with van der Waals surface area (Å²) in [7, 11) is 1.28. The summed E-state index contributed by atoms with van der Waals surface area (Å²) in [5, 5.41) is 9.87. The Balaban J connectivity index is 2.23. The van der Waals surface area contributed by atoms with Crippen LogP contribution in [-0.4, -0.2) is 13.0 Å². The number of carbonyl (C=O) groups excluding carboxylic acids is 1. The van der Waals surface area contributed by atoms with Crippen LogP contribution in [0.4, 0.5) is 36.4 Å². The van der Waals surface area contributed by atoms with Gasteiger partial charge in [-0.3, -0.25) is 4.79 Å². The van der Waals surface area contributed by atoms with Gasteiger partial charge in [0.25, 0.3) is 0 Å². The van der Waals surface area contributed by atoms with Gasteiger partial charge in [0.2, 0.25) is 5.91 Å². The second-order valence-electron chi connectivity index (χ2n) is 9.08. The Bertz CT molecular complexity index is 1430. The van der Waals surface area contributed by atoms with E-state index in [0.29, 0.717) is 33.0 Å². The van der Waals surface area contributed by atoms with Gasteiger partial charge < -0.3 is 4.90 Å². The third-order valence-electron chi connectivity index (χ3n) is 6.12. The summed E-state index contributed by atoms with van der Waals surface area (Å²) in [6.45, 7) is 7.70. The van der Waals surface area contributed by atoms with Gasteiger partial charge >= 0.3 is 12.4 Å². The van der Waals surface area contributed by atoms with E-state index in [9.17, 15) is 40.8 Å². The Kier molecular flexibility index (Phi) is 7.54. The first kappa shape index (κ1) is 28.9. The highest BCUT2D eigenvalue weighted by atomic mass is 32.1. The van der Waals surface area contributed by atoms with E-state index in [4.69, 9.17) is 0 Å². The van der Waals surface area contributed by atoms with Gasteiger partial charge in [-0.15, -0.1) is 11.3 Å². The number of anilines is 1. The summed E-state index contributed by atoms with van der Waals surface area (Å²) in [5.41, 5.74) is -4.38. The average molecular weight is 555 g/mol. The summed E-state index contributed by atoms with van der Waals surface area (Å²) in [6, 6.07) is 6.92. The molecule has 1 heterocycles. The monoisotopic (exact) mass is 554 g/mol. The molecular formula is C27H21F7N2OS. The summed E-state index contributed by atoms with van der Waals surface area (Å²) in [4.78, 5) is 15.6. The van der Waals surface area contributed by atoms with Crippen LogP contribution in [0.1, 0.15) is 46.5 Å². The lowest BCUT2D eigenvalue weighted by molar-refractivity contribution is -0.143. The smallest absolute Gasteiger partial charge is 0.312 e. The van der Waals surface area contributed by atoms with Crippen molar-refractivity contribution in [3.8, 4) is 16.5 Å². The van der Waals surface area contributed by atoms with Crippen LogP contribution < -0.4 is 4.90 Å². The molecule has 0 atom stereocenters. The fraction of sp³-hybridized carbons (Fsp3) is 0.259. The number of nitriles is 1. The highest BCUT2D eigenvalue weighted by Gasteiger charge is 2.42. The molecule has 0 saturated carbocycles. The molecule has 0 fully saturated rings. The predicted molar refractivity (Wildman–Crippen MR) is 132 cm³/mol. The van der Waals surface area contributed by atoms with E-state index in [1.54, 1.807) is 6.92 Å². The zero-order valence-electron chi connectivity index (χ0n) is 20.6. The van der Waals surface area contributed by atoms with Crippen LogP contribution in [0.2, 0.25) is 0 Å². The molecule has 0 bridgehead atoms. The van der Waals surface area contributed by atoms with E-state index in [1.807, 2.05) is 6.07 Å². The Hall–Kier alpha value is -3.65. The number of alkyl halides is 6. The van der Waals surface area contributed by atoms with E-state index >= 15 is 0 Å². The van der Waals surface area contributed by atoms with Crippen LogP contribution in [-0.2, 0) is 22.6 Å². The molecule has 0 aliphatic rings. The minimum absolute atomic E-state index is 0.00773. The second kappa shape index (κ2) is 9.91. The first-order valence-electron chi connectivity index (χ1n) is 11.0. The molecule has 0 N–H and O–H groups in total. The van der Waals surface area contributed by atoms with Crippen LogP contribution in [0.3, 0.4) is 0 Å². The van der Waals surface area contributed by atoms with Crippen molar-refractivity contribution in [2.24, 2.45) is 0 Å². The van der Waals surface area contributed by atoms with Crippen LogP contribution in [0.25, 0.3) is 16.5 Å². The molecule has 1 amide bonds. The van der Waals surface area contributed by atoms with Crippen LogP contribution >= 0.6 is 11.3 Å².